The first-order valence-electron chi connectivity index (χ1n) is 10.2. The minimum Gasteiger partial charge on any atom is -0.367 e. The van der Waals surface area contributed by atoms with E-state index in [1.165, 1.54) is 12.1 Å². The van der Waals surface area contributed by atoms with E-state index in [-0.39, 0.29) is 23.9 Å². The number of aliphatic imine (C=N–C) groups is 1. The van der Waals surface area contributed by atoms with Gasteiger partial charge < -0.3 is 19.9 Å². The van der Waals surface area contributed by atoms with Crippen LogP contribution < -0.4 is 5.32 Å². The smallest absolute Gasteiger partial charge is 0.224 e. The van der Waals surface area contributed by atoms with Gasteiger partial charge in [-0.3, -0.25) is 9.79 Å². The molecule has 2 rings (SSSR count). The molecule has 0 aromatic heterocycles. The number of carbonyl (C=O) groups excluding carboxylic acids is 1. The van der Waals surface area contributed by atoms with Crippen LogP contribution in [0.5, 0.6) is 0 Å². The van der Waals surface area contributed by atoms with Crippen molar-refractivity contribution >= 4 is 11.9 Å². The van der Waals surface area contributed by atoms with E-state index in [9.17, 15) is 9.18 Å². The Labute approximate surface area is 167 Å². The third-order valence-electron chi connectivity index (χ3n) is 4.84. The standard InChI is InChI=1S/C21H33FN4O2/c1-5-23-21(24-13-12-20(27)25(6-2)7-3)26-14-16(4)28-19(15-26)17-8-10-18(22)11-9-17/h8-11,16,19H,5-7,12-15H2,1-4H3,(H,23,24). The zero-order valence-electron chi connectivity index (χ0n) is 17.4. The summed E-state index contributed by atoms with van der Waals surface area (Å²) in [6.45, 7) is 12.0. The molecule has 1 aliphatic heterocycles. The molecule has 1 saturated heterocycles. The lowest BCUT2D eigenvalue weighted by atomic mass is 10.1. The van der Waals surface area contributed by atoms with Gasteiger partial charge in [0.2, 0.25) is 5.91 Å². The van der Waals surface area contributed by atoms with Crippen molar-refractivity contribution < 1.29 is 13.9 Å². The molecule has 0 aliphatic carbocycles. The first-order valence-corrected chi connectivity index (χ1v) is 10.2. The number of rotatable bonds is 7. The van der Waals surface area contributed by atoms with Gasteiger partial charge in [-0.2, -0.15) is 0 Å². The minimum absolute atomic E-state index is 0.0185. The van der Waals surface area contributed by atoms with Gasteiger partial charge >= 0.3 is 0 Å². The number of morpholine rings is 1. The molecular formula is C21H33FN4O2. The number of nitrogens with one attached hydrogen (secondary N) is 1. The third-order valence-corrected chi connectivity index (χ3v) is 4.84. The summed E-state index contributed by atoms with van der Waals surface area (Å²) >= 11 is 0. The van der Waals surface area contributed by atoms with Crippen LogP contribution in [0.1, 0.15) is 45.8 Å². The number of amides is 1. The minimum atomic E-state index is -0.253. The molecule has 0 spiro atoms. The van der Waals surface area contributed by atoms with Crippen molar-refractivity contribution in [2.24, 2.45) is 4.99 Å². The molecule has 1 aliphatic rings. The highest BCUT2D eigenvalue weighted by molar-refractivity contribution is 5.81. The Morgan fingerprint density at radius 2 is 1.93 bits per heavy atom. The van der Waals surface area contributed by atoms with E-state index in [1.807, 2.05) is 32.6 Å². The van der Waals surface area contributed by atoms with Crippen molar-refractivity contribution in [3.8, 4) is 0 Å². The van der Waals surface area contributed by atoms with Gasteiger partial charge in [-0.1, -0.05) is 12.1 Å². The number of guanidine groups is 1. The molecule has 1 aromatic rings. The van der Waals surface area contributed by atoms with Crippen molar-refractivity contribution in [3.63, 3.8) is 0 Å². The van der Waals surface area contributed by atoms with Crippen LogP contribution in [0.4, 0.5) is 4.39 Å². The third kappa shape index (κ3) is 6.19. The average Bonchev–Trinajstić information content (AvgIpc) is 2.68. The van der Waals surface area contributed by atoms with Gasteiger partial charge in [-0.05, 0) is 45.4 Å². The Morgan fingerprint density at radius 3 is 2.54 bits per heavy atom. The molecule has 156 valence electrons. The molecule has 6 nitrogen and oxygen atoms in total. The van der Waals surface area contributed by atoms with Crippen molar-refractivity contribution in [1.29, 1.82) is 0 Å². The molecule has 1 N–H and O–H groups in total. The number of hydrogen-bond donors (Lipinski definition) is 1. The molecule has 1 heterocycles. The summed E-state index contributed by atoms with van der Waals surface area (Å²) in [5, 5.41) is 3.32. The van der Waals surface area contributed by atoms with E-state index in [0.29, 0.717) is 26.1 Å². The fraction of sp³-hybridized carbons (Fsp3) is 0.619. The van der Waals surface area contributed by atoms with Crippen LogP contribution >= 0.6 is 0 Å². The highest BCUT2D eigenvalue weighted by Crippen LogP contribution is 2.25. The molecular weight excluding hydrogens is 359 g/mol. The predicted octanol–water partition coefficient (Wildman–Crippen LogP) is 2.81. The highest BCUT2D eigenvalue weighted by Gasteiger charge is 2.28. The lowest BCUT2D eigenvalue weighted by Gasteiger charge is -2.38. The van der Waals surface area contributed by atoms with E-state index in [4.69, 9.17) is 4.74 Å². The van der Waals surface area contributed by atoms with Gasteiger partial charge in [-0.15, -0.1) is 0 Å². The first kappa shape index (κ1) is 22.1. The Bertz CT molecular complexity index is 646. The van der Waals surface area contributed by atoms with Crippen LogP contribution in [0.15, 0.2) is 29.3 Å². The summed E-state index contributed by atoms with van der Waals surface area (Å²) in [5.74, 6) is 0.665. The maximum Gasteiger partial charge on any atom is 0.224 e. The molecule has 2 unspecified atom stereocenters. The molecule has 0 saturated carbocycles. The molecule has 2 atom stereocenters. The van der Waals surface area contributed by atoms with E-state index in [0.717, 1.165) is 31.2 Å². The molecule has 1 aromatic carbocycles. The molecule has 7 heteroatoms. The molecule has 0 bridgehead atoms. The van der Waals surface area contributed by atoms with Gasteiger partial charge in [0.25, 0.3) is 0 Å². The van der Waals surface area contributed by atoms with Crippen LogP contribution in [0, 0.1) is 5.82 Å². The van der Waals surface area contributed by atoms with Crippen molar-refractivity contribution in [2.75, 3.05) is 39.3 Å². The predicted molar refractivity (Wildman–Crippen MR) is 110 cm³/mol. The Morgan fingerprint density at radius 1 is 1.25 bits per heavy atom. The maximum absolute atomic E-state index is 13.2. The number of halogens is 1. The summed E-state index contributed by atoms with van der Waals surface area (Å²) < 4.78 is 19.3. The summed E-state index contributed by atoms with van der Waals surface area (Å²) in [6.07, 6.45) is 0.271. The largest absolute Gasteiger partial charge is 0.367 e. The van der Waals surface area contributed by atoms with E-state index < -0.39 is 0 Å². The van der Waals surface area contributed by atoms with Gasteiger partial charge in [0.15, 0.2) is 5.96 Å². The number of benzene rings is 1. The number of ether oxygens (including phenoxy) is 1. The number of carbonyl (C=O) groups is 1. The normalized spacial score (nSPS) is 20.2. The summed E-state index contributed by atoms with van der Waals surface area (Å²) in [5.41, 5.74) is 0.950. The second-order valence-electron chi connectivity index (χ2n) is 6.94. The summed E-state index contributed by atoms with van der Waals surface area (Å²) in [6, 6.07) is 6.45. The molecule has 1 fully saturated rings. The molecule has 1 amide bonds. The summed E-state index contributed by atoms with van der Waals surface area (Å²) in [7, 11) is 0. The van der Waals surface area contributed by atoms with Crippen LogP contribution in [0.25, 0.3) is 0 Å². The second-order valence-corrected chi connectivity index (χ2v) is 6.94. The quantitative estimate of drug-likeness (QED) is 0.573. The van der Waals surface area contributed by atoms with Crippen LogP contribution in [0.3, 0.4) is 0 Å². The van der Waals surface area contributed by atoms with Crippen molar-refractivity contribution in [2.45, 2.75) is 46.3 Å². The zero-order valence-corrected chi connectivity index (χ0v) is 17.4. The van der Waals surface area contributed by atoms with Crippen LogP contribution in [-0.4, -0.2) is 67.0 Å². The van der Waals surface area contributed by atoms with Crippen molar-refractivity contribution in [1.82, 2.24) is 15.1 Å². The lowest BCUT2D eigenvalue weighted by molar-refractivity contribution is -0.130. The van der Waals surface area contributed by atoms with Gasteiger partial charge in [-0.25, -0.2) is 4.39 Å². The van der Waals surface area contributed by atoms with Gasteiger partial charge in [0.1, 0.15) is 11.9 Å². The van der Waals surface area contributed by atoms with E-state index in [2.05, 4.69) is 15.2 Å². The second kappa shape index (κ2) is 11.0. The Balaban J connectivity index is 2.06. The first-order chi connectivity index (χ1) is 13.5. The SMILES string of the molecule is CCNC(=NCCC(=O)N(CC)CC)N1CC(C)OC(c2ccc(F)cc2)C1. The topological polar surface area (TPSA) is 57.2 Å². The molecule has 28 heavy (non-hydrogen) atoms. The monoisotopic (exact) mass is 392 g/mol. The zero-order chi connectivity index (χ0) is 20.5. The van der Waals surface area contributed by atoms with Gasteiger partial charge in [0, 0.05) is 32.6 Å². The van der Waals surface area contributed by atoms with Crippen molar-refractivity contribution in [3.05, 3.63) is 35.6 Å². The maximum atomic E-state index is 13.2. The Kier molecular flexibility index (Phi) is 8.70. The molecule has 0 radical (unpaired) electrons. The Hall–Kier alpha value is -2.15. The van der Waals surface area contributed by atoms with E-state index in [1.54, 1.807) is 12.1 Å². The average molecular weight is 393 g/mol. The summed E-state index contributed by atoms with van der Waals surface area (Å²) in [4.78, 5) is 20.9. The highest BCUT2D eigenvalue weighted by atomic mass is 19.1. The lowest BCUT2D eigenvalue weighted by Crippen LogP contribution is -2.50. The van der Waals surface area contributed by atoms with Crippen LogP contribution in [0.2, 0.25) is 0 Å². The fourth-order valence-electron chi connectivity index (χ4n) is 3.40. The van der Waals surface area contributed by atoms with Crippen LogP contribution in [-0.2, 0) is 9.53 Å². The van der Waals surface area contributed by atoms with Gasteiger partial charge in [0.05, 0.1) is 19.2 Å². The number of nitrogens with zero attached hydrogens (tertiary/aromatic N) is 3. The van der Waals surface area contributed by atoms with E-state index >= 15 is 0 Å². The fourth-order valence-corrected chi connectivity index (χ4v) is 3.40. The number of hydrogen-bond acceptors (Lipinski definition) is 3.